The smallest absolute Gasteiger partial charge is 0.346 e. The molecule has 3 rings (SSSR count). The standard InChI is InChI=1S/C14H11ClN2O5/c1-19-10-6-3-4-21-11(6)13(20-2)12-8(10)9(15)7(5-17-16)14(18)22-12/h3-5H,16H2,1-2H3/b17-5+. The van der Waals surface area contributed by atoms with Crippen molar-refractivity contribution in [2.24, 2.45) is 10.9 Å². The fraction of sp³-hybridized carbons (Fsp3) is 0.143. The Labute approximate surface area is 128 Å². The van der Waals surface area contributed by atoms with E-state index in [1.54, 1.807) is 6.07 Å². The first-order chi connectivity index (χ1) is 10.6. The average Bonchev–Trinajstić information content (AvgIpc) is 2.98. The molecule has 0 radical (unpaired) electrons. The average molecular weight is 323 g/mol. The summed E-state index contributed by atoms with van der Waals surface area (Å²) in [5.41, 5.74) is -0.143. The molecule has 0 unspecified atom stereocenters. The summed E-state index contributed by atoms with van der Waals surface area (Å²) in [6.45, 7) is 0. The number of hydrazone groups is 1. The van der Waals surface area contributed by atoms with Crippen LogP contribution in [0.1, 0.15) is 5.56 Å². The van der Waals surface area contributed by atoms with Gasteiger partial charge in [0.05, 0.1) is 48.1 Å². The van der Waals surface area contributed by atoms with Crippen LogP contribution in [0.4, 0.5) is 0 Å². The fourth-order valence-electron chi connectivity index (χ4n) is 2.37. The first-order valence-corrected chi connectivity index (χ1v) is 6.52. The van der Waals surface area contributed by atoms with Gasteiger partial charge in [0, 0.05) is 0 Å². The number of hydrogen-bond donors (Lipinski definition) is 1. The maximum atomic E-state index is 12.1. The maximum Gasteiger partial charge on any atom is 0.346 e. The first kappa shape index (κ1) is 14.3. The molecule has 2 N–H and O–H groups in total. The quantitative estimate of drug-likeness (QED) is 0.344. The van der Waals surface area contributed by atoms with Crippen molar-refractivity contribution in [2.45, 2.75) is 0 Å². The van der Waals surface area contributed by atoms with E-state index >= 15 is 0 Å². The van der Waals surface area contributed by atoms with Crippen LogP contribution < -0.4 is 20.9 Å². The Kier molecular flexibility index (Phi) is 3.42. The van der Waals surface area contributed by atoms with Gasteiger partial charge in [0.2, 0.25) is 5.75 Å². The lowest BCUT2D eigenvalue weighted by Crippen LogP contribution is -2.09. The maximum absolute atomic E-state index is 12.1. The molecule has 2 aromatic heterocycles. The van der Waals surface area contributed by atoms with E-state index in [2.05, 4.69) is 5.10 Å². The van der Waals surface area contributed by atoms with E-state index in [9.17, 15) is 4.79 Å². The van der Waals surface area contributed by atoms with Crippen LogP contribution in [0, 0.1) is 0 Å². The number of furan rings is 1. The molecule has 0 aliphatic carbocycles. The molecule has 7 nitrogen and oxygen atoms in total. The van der Waals surface area contributed by atoms with Crippen molar-refractivity contribution in [2.75, 3.05) is 14.2 Å². The number of rotatable bonds is 3. The Bertz CT molecular complexity index is 957. The van der Waals surface area contributed by atoms with Crippen LogP contribution in [0.2, 0.25) is 5.02 Å². The third kappa shape index (κ3) is 1.82. The first-order valence-electron chi connectivity index (χ1n) is 6.14. The summed E-state index contributed by atoms with van der Waals surface area (Å²) in [5.74, 6) is 5.76. The second-order valence-corrected chi connectivity index (χ2v) is 4.71. The molecule has 2 heterocycles. The van der Waals surface area contributed by atoms with Gasteiger partial charge >= 0.3 is 5.63 Å². The number of benzene rings is 1. The van der Waals surface area contributed by atoms with Gasteiger partial charge in [0.25, 0.3) is 0 Å². The number of nitrogens with zero attached hydrogens (tertiary/aromatic N) is 1. The minimum atomic E-state index is -0.696. The van der Waals surface area contributed by atoms with Gasteiger partial charge in [-0.05, 0) is 6.07 Å². The van der Waals surface area contributed by atoms with Crippen molar-refractivity contribution in [3.05, 3.63) is 33.3 Å². The highest BCUT2D eigenvalue weighted by Gasteiger charge is 2.24. The molecule has 3 aromatic rings. The molecular formula is C14H11ClN2O5. The van der Waals surface area contributed by atoms with Gasteiger partial charge in [-0.25, -0.2) is 4.79 Å². The third-order valence-corrected chi connectivity index (χ3v) is 3.65. The van der Waals surface area contributed by atoms with E-state index in [-0.39, 0.29) is 21.9 Å². The number of nitrogens with two attached hydrogens (primary N) is 1. The second-order valence-electron chi connectivity index (χ2n) is 4.33. The van der Waals surface area contributed by atoms with Crippen LogP contribution >= 0.6 is 11.6 Å². The minimum absolute atomic E-state index is 0.0277. The molecule has 0 saturated heterocycles. The van der Waals surface area contributed by atoms with Gasteiger partial charge in [-0.2, -0.15) is 5.10 Å². The lowest BCUT2D eigenvalue weighted by Gasteiger charge is -2.12. The molecule has 0 aliphatic rings. The van der Waals surface area contributed by atoms with Crippen LogP contribution in [0.15, 0.2) is 31.1 Å². The van der Waals surface area contributed by atoms with Crippen LogP contribution in [-0.2, 0) is 0 Å². The summed E-state index contributed by atoms with van der Waals surface area (Å²) in [6, 6.07) is 1.70. The van der Waals surface area contributed by atoms with Gasteiger partial charge < -0.3 is 24.2 Å². The van der Waals surface area contributed by atoms with Gasteiger partial charge in [0.1, 0.15) is 5.75 Å². The molecule has 0 bridgehead atoms. The Morgan fingerprint density at radius 2 is 2.00 bits per heavy atom. The highest BCUT2D eigenvalue weighted by Crippen LogP contribution is 2.45. The summed E-state index contributed by atoms with van der Waals surface area (Å²) in [7, 11) is 2.91. The number of methoxy groups -OCH3 is 2. The normalized spacial score (nSPS) is 11.6. The summed E-state index contributed by atoms with van der Waals surface area (Å²) in [4.78, 5) is 12.1. The molecule has 0 atom stereocenters. The number of hydrogen-bond acceptors (Lipinski definition) is 7. The van der Waals surface area contributed by atoms with E-state index in [1.165, 1.54) is 20.5 Å². The zero-order valence-corrected chi connectivity index (χ0v) is 12.4. The molecular weight excluding hydrogens is 312 g/mol. The Hall–Kier alpha value is -2.67. The minimum Gasteiger partial charge on any atom is -0.495 e. The van der Waals surface area contributed by atoms with Crippen LogP contribution in [0.5, 0.6) is 11.5 Å². The Balaban J connectivity index is 2.64. The second kappa shape index (κ2) is 5.27. The van der Waals surface area contributed by atoms with E-state index < -0.39 is 5.63 Å². The largest absolute Gasteiger partial charge is 0.495 e. The molecule has 0 amide bonds. The molecule has 0 spiro atoms. The van der Waals surface area contributed by atoms with Crippen molar-refractivity contribution in [1.82, 2.24) is 0 Å². The summed E-state index contributed by atoms with van der Waals surface area (Å²) < 4.78 is 21.4. The monoisotopic (exact) mass is 322 g/mol. The van der Waals surface area contributed by atoms with Crippen LogP contribution in [-0.4, -0.2) is 20.4 Å². The van der Waals surface area contributed by atoms with Crippen molar-refractivity contribution < 1.29 is 18.3 Å². The van der Waals surface area contributed by atoms with Crippen molar-refractivity contribution >= 4 is 39.8 Å². The number of fused-ring (bicyclic) bond motifs is 2. The predicted octanol–water partition coefficient (Wildman–Crippen LogP) is 2.50. The van der Waals surface area contributed by atoms with Crippen LogP contribution in [0.25, 0.3) is 21.9 Å². The van der Waals surface area contributed by atoms with Gasteiger partial charge in [-0.3, -0.25) is 0 Å². The lowest BCUT2D eigenvalue weighted by atomic mass is 10.1. The number of ether oxygens (including phenoxy) is 2. The summed E-state index contributed by atoms with van der Waals surface area (Å²) >= 11 is 6.33. The fourth-order valence-corrected chi connectivity index (χ4v) is 2.67. The summed E-state index contributed by atoms with van der Waals surface area (Å²) in [5, 5.41) is 4.45. The van der Waals surface area contributed by atoms with Crippen molar-refractivity contribution in [3.63, 3.8) is 0 Å². The van der Waals surface area contributed by atoms with E-state index in [0.717, 1.165) is 6.21 Å². The number of halogens is 1. The highest BCUT2D eigenvalue weighted by atomic mass is 35.5. The molecule has 22 heavy (non-hydrogen) atoms. The van der Waals surface area contributed by atoms with Gasteiger partial charge in [-0.15, -0.1) is 0 Å². The Morgan fingerprint density at radius 1 is 1.27 bits per heavy atom. The van der Waals surface area contributed by atoms with Gasteiger partial charge in [0.15, 0.2) is 11.2 Å². The predicted molar refractivity (Wildman–Crippen MR) is 82.2 cm³/mol. The molecule has 8 heteroatoms. The van der Waals surface area contributed by atoms with Crippen molar-refractivity contribution in [1.29, 1.82) is 0 Å². The van der Waals surface area contributed by atoms with E-state index in [4.69, 9.17) is 35.8 Å². The van der Waals surface area contributed by atoms with Gasteiger partial charge in [-0.1, -0.05) is 11.6 Å². The summed E-state index contributed by atoms with van der Waals surface area (Å²) in [6.07, 6.45) is 2.60. The van der Waals surface area contributed by atoms with E-state index in [1.807, 2.05) is 0 Å². The lowest BCUT2D eigenvalue weighted by molar-refractivity contribution is 0.398. The zero-order chi connectivity index (χ0) is 15.9. The highest BCUT2D eigenvalue weighted by molar-refractivity contribution is 6.39. The third-order valence-electron chi connectivity index (χ3n) is 3.26. The topological polar surface area (TPSA) is 100 Å². The molecule has 0 saturated carbocycles. The van der Waals surface area contributed by atoms with Crippen LogP contribution in [0.3, 0.4) is 0 Å². The molecule has 0 fully saturated rings. The molecule has 0 aliphatic heterocycles. The zero-order valence-electron chi connectivity index (χ0n) is 11.7. The SMILES string of the molecule is COc1c2occc2c(OC)c2c(Cl)c(/C=N/N)c(=O)oc12. The Morgan fingerprint density at radius 3 is 2.64 bits per heavy atom. The molecule has 114 valence electrons. The molecule has 1 aromatic carbocycles. The van der Waals surface area contributed by atoms with E-state index in [0.29, 0.717) is 22.1 Å². The van der Waals surface area contributed by atoms with Crippen molar-refractivity contribution in [3.8, 4) is 11.5 Å².